The van der Waals surface area contributed by atoms with Gasteiger partial charge in [0.25, 0.3) is 5.91 Å². The Morgan fingerprint density at radius 3 is 2.65 bits per heavy atom. The van der Waals surface area contributed by atoms with E-state index in [9.17, 15) is 4.79 Å². The van der Waals surface area contributed by atoms with Crippen LogP contribution in [0, 0.1) is 6.92 Å². The summed E-state index contributed by atoms with van der Waals surface area (Å²) < 4.78 is 0. The Bertz CT molecular complexity index is 789. The molecule has 0 spiro atoms. The van der Waals surface area contributed by atoms with Gasteiger partial charge < -0.3 is 10.3 Å². The Labute approximate surface area is 136 Å². The molecule has 0 radical (unpaired) electrons. The van der Waals surface area contributed by atoms with Gasteiger partial charge in [0, 0.05) is 5.56 Å². The first-order valence-corrected chi connectivity index (χ1v) is 8.00. The van der Waals surface area contributed by atoms with Crippen molar-refractivity contribution in [1.29, 1.82) is 0 Å². The molecule has 0 bridgehead atoms. The number of carbonyl (C=O) groups is 1. The molecule has 23 heavy (non-hydrogen) atoms. The highest BCUT2D eigenvalue weighted by Gasteiger charge is 2.19. The van der Waals surface area contributed by atoms with Crippen LogP contribution < -0.4 is 5.32 Å². The molecule has 118 valence electrons. The number of aromatic amines is 1. The maximum Gasteiger partial charge on any atom is 0.252 e. The van der Waals surface area contributed by atoms with E-state index < -0.39 is 0 Å². The molecule has 2 aromatic carbocycles. The lowest BCUT2D eigenvalue weighted by Gasteiger charge is -2.16. The second-order valence-corrected chi connectivity index (χ2v) is 5.77. The van der Waals surface area contributed by atoms with Crippen LogP contribution in [0.1, 0.15) is 47.6 Å². The summed E-state index contributed by atoms with van der Waals surface area (Å²) in [5.41, 5.74) is 3.61. The first-order chi connectivity index (χ1) is 11.2. The fraction of sp³-hybridized carbons (Fsp3) is 0.263. The highest BCUT2D eigenvalue weighted by Crippen LogP contribution is 2.20. The minimum Gasteiger partial charge on any atom is -0.342 e. The number of fused-ring (bicyclic) bond motifs is 1. The van der Waals surface area contributed by atoms with Crippen LogP contribution in [-0.2, 0) is 0 Å². The molecule has 3 aromatic rings. The Morgan fingerprint density at radius 2 is 1.91 bits per heavy atom. The third-order valence-electron chi connectivity index (χ3n) is 4.01. The molecular formula is C19H21N3O. The van der Waals surface area contributed by atoms with Crippen molar-refractivity contribution in [2.45, 2.75) is 32.7 Å². The summed E-state index contributed by atoms with van der Waals surface area (Å²) in [5.74, 6) is 0.761. The number of aromatic nitrogens is 2. The average Bonchev–Trinajstić information content (AvgIpc) is 2.98. The zero-order chi connectivity index (χ0) is 16.2. The number of hydrogen-bond acceptors (Lipinski definition) is 2. The van der Waals surface area contributed by atoms with Gasteiger partial charge in [0.2, 0.25) is 0 Å². The smallest absolute Gasteiger partial charge is 0.252 e. The van der Waals surface area contributed by atoms with Crippen LogP contribution in [0.3, 0.4) is 0 Å². The van der Waals surface area contributed by atoms with Crippen molar-refractivity contribution in [3.05, 3.63) is 65.5 Å². The van der Waals surface area contributed by atoms with Crippen molar-refractivity contribution in [2.75, 3.05) is 0 Å². The third-order valence-corrected chi connectivity index (χ3v) is 4.01. The fourth-order valence-electron chi connectivity index (χ4n) is 2.77. The largest absolute Gasteiger partial charge is 0.342 e. The van der Waals surface area contributed by atoms with Crippen molar-refractivity contribution in [1.82, 2.24) is 15.3 Å². The van der Waals surface area contributed by atoms with Crippen molar-refractivity contribution in [3.8, 4) is 0 Å². The number of para-hydroxylation sites is 2. The normalized spacial score (nSPS) is 12.3. The standard InChI is InChI=1S/C19H21N3O/c1-3-8-17(18-20-15-11-6-7-12-16(15)21-18)22-19(23)14-10-5-4-9-13(14)2/h4-7,9-12,17H,3,8H2,1-2H3,(H,20,21)(H,22,23)/t17-/m1/s1. The number of benzene rings is 2. The molecule has 0 aliphatic rings. The number of rotatable bonds is 5. The van der Waals surface area contributed by atoms with Crippen LogP contribution in [0.4, 0.5) is 0 Å². The lowest BCUT2D eigenvalue weighted by atomic mass is 10.1. The van der Waals surface area contributed by atoms with Crippen LogP contribution in [0.25, 0.3) is 11.0 Å². The Hall–Kier alpha value is -2.62. The Balaban J connectivity index is 1.87. The quantitative estimate of drug-likeness (QED) is 0.744. The van der Waals surface area contributed by atoms with Gasteiger partial charge in [0.1, 0.15) is 5.82 Å². The van der Waals surface area contributed by atoms with Crippen molar-refractivity contribution < 1.29 is 4.79 Å². The summed E-state index contributed by atoms with van der Waals surface area (Å²) in [7, 11) is 0. The van der Waals surface area contributed by atoms with Crippen molar-refractivity contribution in [3.63, 3.8) is 0 Å². The Morgan fingerprint density at radius 1 is 1.17 bits per heavy atom. The number of hydrogen-bond donors (Lipinski definition) is 2. The molecule has 0 aliphatic heterocycles. The van der Waals surface area contributed by atoms with Crippen molar-refractivity contribution in [2.24, 2.45) is 0 Å². The average molecular weight is 307 g/mol. The van der Waals surface area contributed by atoms with E-state index in [1.807, 2.05) is 55.5 Å². The van der Waals surface area contributed by atoms with E-state index in [4.69, 9.17) is 0 Å². The highest BCUT2D eigenvalue weighted by molar-refractivity contribution is 5.95. The topological polar surface area (TPSA) is 57.8 Å². The van der Waals surface area contributed by atoms with Crippen LogP contribution in [-0.4, -0.2) is 15.9 Å². The van der Waals surface area contributed by atoms with Crippen LogP contribution in [0.5, 0.6) is 0 Å². The molecule has 0 unspecified atom stereocenters. The van der Waals surface area contributed by atoms with Gasteiger partial charge in [-0.25, -0.2) is 4.98 Å². The molecule has 0 aliphatic carbocycles. The maximum absolute atomic E-state index is 12.6. The first kappa shape index (κ1) is 15.3. The number of nitrogens with zero attached hydrogens (tertiary/aromatic N) is 1. The van der Waals surface area contributed by atoms with E-state index in [0.29, 0.717) is 5.56 Å². The van der Waals surface area contributed by atoms with Gasteiger partial charge in [-0.2, -0.15) is 0 Å². The summed E-state index contributed by atoms with van der Waals surface area (Å²) in [4.78, 5) is 20.5. The van der Waals surface area contributed by atoms with E-state index >= 15 is 0 Å². The summed E-state index contributed by atoms with van der Waals surface area (Å²) in [5, 5.41) is 3.12. The summed E-state index contributed by atoms with van der Waals surface area (Å²) in [6.45, 7) is 4.06. The number of carbonyl (C=O) groups excluding carboxylic acids is 1. The number of nitrogens with one attached hydrogen (secondary N) is 2. The molecule has 1 heterocycles. The number of imidazole rings is 1. The molecule has 3 rings (SSSR count). The fourth-order valence-corrected chi connectivity index (χ4v) is 2.77. The molecule has 1 atom stereocenters. The monoisotopic (exact) mass is 307 g/mol. The molecule has 2 N–H and O–H groups in total. The zero-order valence-electron chi connectivity index (χ0n) is 13.5. The molecule has 4 nitrogen and oxygen atoms in total. The third kappa shape index (κ3) is 3.26. The van der Waals surface area contributed by atoms with Crippen LogP contribution in [0.2, 0.25) is 0 Å². The second kappa shape index (κ2) is 6.65. The molecular weight excluding hydrogens is 286 g/mol. The minimum absolute atomic E-state index is 0.0537. The van der Waals surface area contributed by atoms with Gasteiger partial charge in [-0.05, 0) is 37.1 Å². The SMILES string of the molecule is CCC[C@@H](NC(=O)c1ccccc1C)c1nc2ccccc2[nH]1. The van der Waals surface area contributed by atoms with E-state index in [2.05, 4.69) is 22.2 Å². The van der Waals surface area contributed by atoms with Crippen LogP contribution in [0.15, 0.2) is 48.5 Å². The first-order valence-electron chi connectivity index (χ1n) is 8.00. The highest BCUT2D eigenvalue weighted by atomic mass is 16.1. The lowest BCUT2D eigenvalue weighted by molar-refractivity contribution is 0.0932. The van der Waals surface area contributed by atoms with Gasteiger partial charge in [0.05, 0.1) is 17.1 Å². The minimum atomic E-state index is -0.112. The number of H-pyrrole nitrogens is 1. The predicted molar refractivity (Wildman–Crippen MR) is 92.4 cm³/mol. The summed E-state index contributed by atoms with van der Waals surface area (Å²) >= 11 is 0. The van der Waals surface area contributed by atoms with Gasteiger partial charge in [-0.1, -0.05) is 43.7 Å². The second-order valence-electron chi connectivity index (χ2n) is 5.77. The van der Waals surface area contributed by atoms with Gasteiger partial charge in [0.15, 0.2) is 0 Å². The van der Waals surface area contributed by atoms with Gasteiger partial charge in [-0.15, -0.1) is 0 Å². The van der Waals surface area contributed by atoms with Crippen LogP contribution >= 0.6 is 0 Å². The molecule has 0 fully saturated rings. The molecule has 1 amide bonds. The lowest BCUT2D eigenvalue weighted by Crippen LogP contribution is -2.29. The van der Waals surface area contributed by atoms with Crippen molar-refractivity contribution >= 4 is 16.9 Å². The molecule has 0 saturated heterocycles. The summed E-state index contributed by atoms with van der Waals surface area (Å²) in [6, 6.07) is 15.4. The molecule has 0 saturated carbocycles. The molecule has 1 aromatic heterocycles. The van der Waals surface area contributed by atoms with E-state index in [-0.39, 0.29) is 11.9 Å². The summed E-state index contributed by atoms with van der Waals surface area (Å²) in [6.07, 6.45) is 1.81. The van der Waals surface area contributed by atoms with E-state index in [1.54, 1.807) is 0 Å². The maximum atomic E-state index is 12.6. The zero-order valence-corrected chi connectivity index (χ0v) is 13.5. The Kier molecular flexibility index (Phi) is 4.42. The van der Waals surface area contributed by atoms with E-state index in [1.165, 1.54) is 0 Å². The predicted octanol–water partition coefficient (Wildman–Crippen LogP) is 4.14. The number of aryl methyl sites for hydroxylation is 1. The number of amides is 1. The molecule has 4 heteroatoms. The van der Waals surface area contributed by atoms with Gasteiger partial charge >= 0.3 is 0 Å². The van der Waals surface area contributed by atoms with Gasteiger partial charge in [-0.3, -0.25) is 4.79 Å². The van der Waals surface area contributed by atoms with E-state index in [0.717, 1.165) is 35.3 Å².